The summed E-state index contributed by atoms with van der Waals surface area (Å²) in [5, 5.41) is 10.00. The van der Waals surface area contributed by atoms with Crippen LogP contribution in [0.4, 0.5) is 13.2 Å². The zero-order valence-electron chi connectivity index (χ0n) is 10.6. The highest BCUT2D eigenvalue weighted by atomic mass is 19.4. The van der Waals surface area contributed by atoms with Gasteiger partial charge >= 0.3 is 6.18 Å². The van der Waals surface area contributed by atoms with Crippen LogP contribution in [0.2, 0.25) is 0 Å². The highest BCUT2D eigenvalue weighted by molar-refractivity contribution is 5.28. The fourth-order valence-electron chi connectivity index (χ4n) is 1.64. The van der Waals surface area contributed by atoms with Gasteiger partial charge in [-0.3, -0.25) is 0 Å². The Morgan fingerprint density at radius 2 is 1.72 bits per heavy atom. The van der Waals surface area contributed by atoms with E-state index in [1.807, 2.05) is 0 Å². The Balaban J connectivity index is 3.04. The van der Waals surface area contributed by atoms with Crippen molar-refractivity contribution < 1.29 is 18.3 Å². The van der Waals surface area contributed by atoms with Crippen LogP contribution in [0.15, 0.2) is 24.3 Å². The van der Waals surface area contributed by atoms with Gasteiger partial charge in [0.05, 0.1) is 17.7 Å². The zero-order chi connectivity index (χ0) is 14.1. The third-order valence-corrected chi connectivity index (χ3v) is 2.83. The molecule has 0 aliphatic rings. The quantitative estimate of drug-likeness (QED) is 0.859. The summed E-state index contributed by atoms with van der Waals surface area (Å²) in [7, 11) is 0. The van der Waals surface area contributed by atoms with E-state index in [1.54, 1.807) is 20.8 Å². The molecule has 2 atom stereocenters. The molecule has 0 heterocycles. The van der Waals surface area contributed by atoms with E-state index in [4.69, 9.17) is 5.73 Å². The lowest BCUT2D eigenvalue weighted by Gasteiger charge is -2.31. The normalized spacial score (nSPS) is 16.4. The molecular formula is C13H18F3NO. The Hall–Kier alpha value is -1.07. The molecule has 5 heteroatoms. The van der Waals surface area contributed by atoms with Crippen molar-refractivity contribution in [3.63, 3.8) is 0 Å². The molecule has 0 amide bonds. The minimum absolute atomic E-state index is 0.284. The molecule has 1 aromatic carbocycles. The van der Waals surface area contributed by atoms with Crippen LogP contribution < -0.4 is 5.73 Å². The second kappa shape index (κ2) is 4.90. The summed E-state index contributed by atoms with van der Waals surface area (Å²) in [6.07, 6.45) is -5.32. The van der Waals surface area contributed by atoms with Crippen molar-refractivity contribution in [2.24, 2.45) is 11.1 Å². The number of hydrogen-bond donors (Lipinski definition) is 2. The average Bonchev–Trinajstić information content (AvgIpc) is 2.25. The van der Waals surface area contributed by atoms with Crippen molar-refractivity contribution >= 4 is 0 Å². The fraction of sp³-hybridized carbons (Fsp3) is 0.538. The first-order valence-electron chi connectivity index (χ1n) is 5.64. The first kappa shape index (κ1) is 15.0. The Bertz CT molecular complexity index is 409. The highest BCUT2D eigenvalue weighted by Crippen LogP contribution is 2.33. The molecule has 102 valence electrons. The summed E-state index contributed by atoms with van der Waals surface area (Å²) < 4.78 is 37.7. The van der Waals surface area contributed by atoms with Gasteiger partial charge in [-0.1, -0.05) is 32.9 Å². The van der Waals surface area contributed by atoms with E-state index in [1.165, 1.54) is 12.1 Å². The van der Waals surface area contributed by atoms with Gasteiger partial charge in [0.1, 0.15) is 0 Å². The number of nitrogens with two attached hydrogens (primary N) is 1. The van der Waals surface area contributed by atoms with Crippen molar-refractivity contribution in [2.45, 2.75) is 39.1 Å². The molecule has 0 saturated heterocycles. The SMILES string of the molecule is CC(C)(C)[C@@H](O)[C@@H](N)c1cccc(C(F)(F)F)c1. The van der Waals surface area contributed by atoms with Crippen LogP contribution in [0.3, 0.4) is 0 Å². The lowest BCUT2D eigenvalue weighted by Crippen LogP contribution is -2.37. The molecular weight excluding hydrogens is 243 g/mol. The van der Waals surface area contributed by atoms with Gasteiger partial charge in [-0.15, -0.1) is 0 Å². The largest absolute Gasteiger partial charge is 0.416 e. The third kappa shape index (κ3) is 3.46. The van der Waals surface area contributed by atoms with Crippen LogP contribution in [0.5, 0.6) is 0 Å². The number of aliphatic hydroxyl groups is 1. The standard InChI is InChI=1S/C13H18F3NO/c1-12(2,3)11(18)10(17)8-5-4-6-9(7-8)13(14,15)16/h4-7,10-11,18H,17H2,1-3H3/t10-,11-/m0/s1. The number of alkyl halides is 3. The smallest absolute Gasteiger partial charge is 0.391 e. The molecule has 1 aromatic rings. The maximum atomic E-state index is 12.6. The Morgan fingerprint density at radius 1 is 1.17 bits per heavy atom. The number of rotatable bonds is 2. The summed E-state index contributed by atoms with van der Waals surface area (Å²) in [5.74, 6) is 0. The minimum atomic E-state index is -4.40. The van der Waals surface area contributed by atoms with Gasteiger partial charge in [0.25, 0.3) is 0 Å². The minimum Gasteiger partial charge on any atom is -0.391 e. The molecule has 18 heavy (non-hydrogen) atoms. The van der Waals surface area contributed by atoms with Crippen molar-refractivity contribution in [3.05, 3.63) is 35.4 Å². The number of aliphatic hydroxyl groups excluding tert-OH is 1. The van der Waals surface area contributed by atoms with Crippen molar-refractivity contribution in [2.75, 3.05) is 0 Å². The molecule has 0 radical (unpaired) electrons. The number of benzene rings is 1. The zero-order valence-corrected chi connectivity index (χ0v) is 10.6. The Kier molecular flexibility index (Phi) is 4.08. The predicted molar refractivity (Wildman–Crippen MR) is 63.8 cm³/mol. The van der Waals surface area contributed by atoms with Crippen molar-refractivity contribution in [3.8, 4) is 0 Å². The van der Waals surface area contributed by atoms with Crippen LogP contribution in [0.1, 0.15) is 37.9 Å². The van der Waals surface area contributed by atoms with Gasteiger partial charge in [0.15, 0.2) is 0 Å². The van der Waals surface area contributed by atoms with E-state index in [0.29, 0.717) is 0 Å². The van der Waals surface area contributed by atoms with Crippen LogP contribution in [-0.4, -0.2) is 11.2 Å². The van der Waals surface area contributed by atoms with E-state index in [-0.39, 0.29) is 5.56 Å². The Morgan fingerprint density at radius 3 is 2.17 bits per heavy atom. The molecule has 0 aliphatic carbocycles. The van der Waals surface area contributed by atoms with E-state index >= 15 is 0 Å². The first-order valence-corrected chi connectivity index (χ1v) is 5.64. The summed E-state index contributed by atoms with van der Waals surface area (Å²) in [4.78, 5) is 0. The van der Waals surface area contributed by atoms with E-state index in [2.05, 4.69) is 0 Å². The van der Waals surface area contributed by atoms with Gasteiger partial charge < -0.3 is 10.8 Å². The molecule has 0 spiro atoms. The molecule has 0 bridgehead atoms. The van der Waals surface area contributed by atoms with Gasteiger partial charge in [0.2, 0.25) is 0 Å². The second-order valence-electron chi connectivity index (χ2n) is 5.46. The van der Waals surface area contributed by atoms with Crippen LogP contribution in [-0.2, 0) is 6.18 Å². The molecule has 0 fully saturated rings. The molecule has 0 aromatic heterocycles. The Labute approximate surface area is 105 Å². The van der Waals surface area contributed by atoms with Crippen LogP contribution in [0, 0.1) is 5.41 Å². The summed E-state index contributed by atoms with van der Waals surface area (Å²) >= 11 is 0. The summed E-state index contributed by atoms with van der Waals surface area (Å²) in [5.41, 5.74) is 4.86. The first-order chi connectivity index (χ1) is 8.03. The average molecular weight is 261 g/mol. The second-order valence-corrected chi connectivity index (χ2v) is 5.46. The molecule has 0 aliphatic heterocycles. The number of halogens is 3. The molecule has 0 saturated carbocycles. The van der Waals surface area contributed by atoms with Gasteiger partial charge in [-0.05, 0) is 23.1 Å². The molecule has 2 nitrogen and oxygen atoms in total. The van der Waals surface area contributed by atoms with E-state index in [9.17, 15) is 18.3 Å². The number of hydrogen-bond acceptors (Lipinski definition) is 2. The summed E-state index contributed by atoms with van der Waals surface area (Å²) in [6.45, 7) is 5.35. The van der Waals surface area contributed by atoms with E-state index in [0.717, 1.165) is 12.1 Å². The van der Waals surface area contributed by atoms with Crippen LogP contribution >= 0.6 is 0 Å². The fourth-order valence-corrected chi connectivity index (χ4v) is 1.64. The molecule has 3 N–H and O–H groups in total. The molecule has 0 unspecified atom stereocenters. The van der Waals surface area contributed by atoms with Gasteiger partial charge in [-0.2, -0.15) is 13.2 Å². The van der Waals surface area contributed by atoms with Crippen LogP contribution in [0.25, 0.3) is 0 Å². The van der Waals surface area contributed by atoms with E-state index < -0.39 is 29.3 Å². The lowest BCUT2D eigenvalue weighted by atomic mass is 9.82. The van der Waals surface area contributed by atoms with Gasteiger partial charge in [0, 0.05) is 0 Å². The maximum absolute atomic E-state index is 12.6. The monoisotopic (exact) mass is 261 g/mol. The van der Waals surface area contributed by atoms with Gasteiger partial charge in [-0.25, -0.2) is 0 Å². The topological polar surface area (TPSA) is 46.2 Å². The van der Waals surface area contributed by atoms with Crippen molar-refractivity contribution in [1.82, 2.24) is 0 Å². The maximum Gasteiger partial charge on any atom is 0.416 e. The van der Waals surface area contributed by atoms with Crippen molar-refractivity contribution in [1.29, 1.82) is 0 Å². The molecule has 1 rings (SSSR count). The predicted octanol–water partition coefficient (Wildman–Crippen LogP) is 3.11. The highest BCUT2D eigenvalue weighted by Gasteiger charge is 2.33. The summed E-state index contributed by atoms with van der Waals surface area (Å²) in [6, 6.07) is 3.92. The third-order valence-electron chi connectivity index (χ3n) is 2.83. The lowest BCUT2D eigenvalue weighted by molar-refractivity contribution is -0.137.